The van der Waals surface area contributed by atoms with E-state index in [0.29, 0.717) is 29.7 Å². The number of para-hydroxylation sites is 1. The molecule has 144 valence electrons. The van der Waals surface area contributed by atoms with Gasteiger partial charge in [-0.05, 0) is 43.2 Å². The van der Waals surface area contributed by atoms with Crippen LogP contribution < -0.4 is 10.9 Å². The molecule has 0 spiro atoms. The Hall–Kier alpha value is -2.97. The number of carbonyl (C=O) groups is 1. The van der Waals surface area contributed by atoms with E-state index in [1.54, 1.807) is 36.4 Å². The molecule has 28 heavy (non-hydrogen) atoms. The lowest BCUT2D eigenvalue weighted by Gasteiger charge is -2.15. The number of hydrogen-bond donors (Lipinski definition) is 2. The quantitative estimate of drug-likeness (QED) is 0.707. The van der Waals surface area contributed by atoms with Crippen LogP contribution in [-0.2, 0) is 10.0 Å². The minimum absolute atomic E-state index is 0.203. The minimum atomic E-state index is -3.50. The van der Waals surface area contributed by atoms with Crippen LogP contribution in [0.25, 0.3) is 10.9 Å². The molecule has 3 aromatic rings. The highest BCUT2D eigenvalue weighted by atomic mass is 32.2. The number of benzene rings is 2. The van der Waals surface area contributed by atoms with Gasteiger partial charge in [-0.15, -0.1) is 0 Å². The van der Waals surface area contributed by atoms with E-state index in [-0.39, 0.29) is 16.0 Å². The van der Waals surface area contributed by atoms with Crippen LogP contribution in [-0.4, -0.2) is 36.7 Å². The van der Waals surface area contributed by atoms with Crippen LogP contribution in [0.5, 0.6) is 0 Å². The lowest BCUT2D eigenvalue weighted by molar-refractivity contribution is 0.102. The summed E-state index contributed by atoms with van der Waals surface area (Å²) in [5, 5.41) is 3.36. The van der Waals surface area contributed by atoms with Crippen LogP contribution in [0, 0.1) is 0 Å². The number of fused-ring (bicyclic) bond motifs is 1. The largest absolute Gasteiger partial charge is 0.322 e. The average Bonchev–Trinajstić information content (AvgIpc) is 3.23. The monoisotopic (exact) mass is 397 g/mol. The number of sulfonamides is 1. The third-order valence-corrected chi connectivity index (χ3v) is 6.72. The minimum Gasteiger partial charge on any atom is -0.322 e. The molecule has 2 N–H and O–H groups in total. The SMILES string of the molecule is O=C(Nc1ccc(S(=O)(=O)N2CCCC2)cc1)c1cc(=O)[nH]c2ccccc12. The van der Waals surface area contributed by atoms with Crippen molar-refractivity contribution in [2.45, 2.75) is 17.7 Å². The van der Waals surface area contributed by atoms with E-state index >= 15 is 0 Å². The summed E-state index contributed by atoms with van der Waals surface area (Å²) in [6.45, 7) is 1.08. The summed E-state index contributed by atoms with van der Waals surface area (Å²) in [6.07, 6.45) is 1.75. The van der Waals surface area contributed by atoms with Crippen molar-refractivity contribution in [3.8, 4) is 0 Å². The molecule has 4 rings (SSSR count). The fraction of sp³-hybridized carbons (Fsp3) is 0.200. The number of carbonyl (C=O) groups excluding carboxylic acids is 1. The zero-order valence-corrected chi connectivity index (χ0v) is 15.8. The first kappa shape index (κ1) is 18.4. The molecule has 0 aliphatic carbocycles. The predicted molar refractivity (Wildman–Crippen MR) is 107 cm³/mol. The molecule has 8 heteroatoms. The number of hydrogen-bond acceptors (Lipinski definition) is 4. The Morgan fingerprint density at radius 3 is 2.39 bits per heavy atom. The van der Waals surface area contributed by atoms with Gasteiger partial charge in [-0.25, -0.2) is 8.42 Å². The van der Waals surface area contributed by atoms with Crippen molar-refractivity contribution in [2.75, 3.05) is 18.4 Å². The van der Waals surface area contributed by atoms with Gasteiger partial charge in [-0.1, -0.05) is 18.2 Å². The smallest absolute Gasteiger partial charge is 0.256 e. The molecule has 1 amide bonds. The fourth-order valence-corrected chi connectivity index (χ4v) is 4.90. The zero-order chi connectivity index (χ0) is 19.7. The van der Waals surface area contributed by atoms with Gasteiger partial charge in [-0.2, -0.15) is 4.31 Å². The Kier molecular flexibility index (Phi) is 4.74. The van der Waals surface area contributed by atoms with E-state index in [9.17, 15) is 18.0 Å². The third-order valence-electron chi connectivity index (χ3n) is 4.81. The van der Waals surface area contributed by atoms with Gasteiger partial charge in [0.25, 0.3) is 5.91 Å². The molecule has 0 bridgehead atoms. The van der Waals surface area contributed by atoms with E-state index in [1.165, 1.54) is 22.5 Å². The van der Waals surface area contributed by atoms with Crippen molar-refractivity contribution in [1.29, 1.82) is 0 Å². The van der Waals surface area contributed by atoms with E-state index in [1.807, 2.05) is 0 Å². The maximum absolute atomic E-state index is 12.7. The molecule has 0 radical (unpaired) electrons. The highest BCUT2D eigenvalue weighted by molar-refractivity contribution is 7.89. The van der Waals surface area contributed by atoms with Crippen LogP contribution in [0.15, 0.2) is 64.3 Å². The lowest BCUT2D eigenvalue weighted by atomic mass is 10.1. The van der Waals surface area contributed by atoms with E-state index in [2.05, 4.69) is 10.3 Å². The Morgan fingerprint density at radius 1 is 1.00 bits per heavy atom. The van der Waals surface area contributed by atoms with E-state index in [4.69, 9.17) is 0 Å². The topological polar surface area (TPSA) is 99.3 Å². The summed E-state index contributed by atoms with van der Waals surface area (Å²) >= 11 is 0. The van der Waals surface area contributed by atoms with Gasteiger partial charge in [0.05, 0.1) is 10.5 Å². The van der Waals surface area contributed by atoms with Crippen molar-refractivity contribution < 1.29 is 13.2 Å². The van der Waals surface area contributed by atoms with Crippen LogP contribution >= 0.6 is 0 Å². The Labute approximate surface area is 162 Å². The molecule has 0 saturated carbocycles. The van der Waals surface area contributed by atoms with Crippen LogP contribution in [0.1, 0.15) is 23.2 Å². The summed E-state index contributed by atoms with van der Waals surface area (Å²) in [6, 6.07) is 14.4. The summed E-state index contributed by atoms with van der Waals surface area (Å²) in [5.74, 6) is -0.433. The first-order valence-corrected chi connectivity index (χ1v) is 10.4. The average molecular weight is 397 g/mol. The molecule has 0 unspecified atom stereocenters. The molecule has 1 saturated heterocycles. The van der Waals surface area contributed by atoms with E-state index in [0.717, 1.165) is 12.8 Å². The van der Waals surface area contributed by atoms with Gasteiger partial charge in [0.1, 0.15) is 0 Å². The molecule has 1 aliphatic rings. The van der Waals surface area contributed by atoms with Crippen molar-refractivity contribution in [3.05, 3.63) is 70.5 Å². The molecule has 1 aromatic heterocycles. The number of H-pyrrole nitrogens is 1. The molecular formula is C20H19N3O4S. The van der Waals surface area contributed by atoms with Gasteiger partial charge in [0.15, 0.2) is 0 Å². The van der Waals surface area contributed by atoms with Gasteiger partial charge in [-0.3, -0.25) is 9.59 Å². The molecule has 7 nitrogen and oxygen atoms in total. The second-order valence-corrected chi connectivity index (χ2v) is 8.62. The number of rotatable bonds is 4. The summed E-state index contributed by atoms with van der Waals surface area (Å²) in [5.41, 5.74) is 0.922. The maximum Gasteiger partial charge on any atom is 0.256 e. The van der Waals surface area contributed by atoms with Crippen molar-refractivity contribution in [2.24, 2.45) is 0 Å². The second-order valence-electron chi connectivity index (χ2n) is 6.68. The number of nitrogens with zero attached hydrogens (tertiary/aromatic N) is 1. The Bertz CT molecular complexity index is 1190. The molecular weight excluding hydrogens is 378 g/mol. The van der Waals surface area contributed by atoms with Gasteiger partial charge < -0.3 is 10.3 Å². The molecule has 2 aromatic carbocycles. The first-order valence-electron chi connectivity index (χ1n) is 8.99. The van der Waals surface area contributed by atoms with Gasteiger partial charge >= 0.3 is 0 Å². The van der Waals surface area contributed by atoms with Crippen molar-refractivity contribution in [3.63, 3.8) is 0 Å². The van der Waals surface area contributed by atoms with Gasteiger partial charge in [0, 0.05) is 35.7 Å². The molecule has 1 aliphatic heterocycles. The van der Waals surface area contributed by atoms with Crippen LogP contribution in [0.3, 0.4) is 0 Å². The normalized spacial score (nSPS) is 15.0. The Morgan fingerprint density at radius 2 is 1.68 bits per heavy atom. The molecule has 0 atom stereocenters. The summed E-state index contributed by atoms with van der Waals surface area (Å²) in [7, 11) is -3.50. The number of nitrogens with one attached hydrogen (secondary N) is 2. The zero-order valence-electron chi connectivity index (χ0n) is 15.0. The molecule has 2 heterocycles. The number of pyridine rings is 1. The number of aromatic nitrogens is 1. The predicted octanol–water partition coefficient (Wildman–Crippen LogP) is 2.56. The number of anilines is 1. The highest BCUT2D eigenvalue weighted by Gasteiger charge is 2.27. The van der Waals surface area contributed by atoms with Crippen LogP contribution in [0.2, 0.25) is 0 Å². The standard InChI is InChI=1S/C20H19N3O4S/c24-19-13-17(16-5-1-2-6-18(16)22-19)20(25)21-14-7-9-15(10-8-14)28(26,27)23-11-3-4-12-23/h1-2,5-10,13H,3-4,11-12H2,(H,21,25)(H,22,24). The number of amides is 1. The summed E-state index contributed by atoms with van der Waals surface area (Å²) in [4.78, 5) is 27.4. The summed E-state index contributed by atoms with van der Waals surface area (Å²) < 4.78 is 26.6. The Balaban J connectivity index is 1.59. The lowest BCUT2D eigenvalue weighted by Crippen LogP contribution is -2.27. The second kappa shape index (κ2) is 7.21. The van der Waals surface area contributed by atoms with Gasteiger partial charge in [0.2, 0.25) is 15.6 Å². The fourth-order valence-electron chi connectivity index (χ4n) is 3.38. The number of aromatic amines is 1. The maximum atomic E-state index is 12.7. The van der Waals surface area contributed by atoms with Crippen molar-refractivity contribution >= 4 is 32.5 Å². The molecule has 1 fully saturated rings. The first-order chi connectivity index (χ1) is 13.4. The van der Waals surface area contributed by atoms with E-state index < -0.39 is 15.9 Å². The van der Waals surface area contributed by atoms with Crippen LogP contribution in [0.4, 0.5) is 5.69 Å². The highest BCUT2D eigenvalue weighted by Crippen LogP contribution is 2.23. The third kappa shape index (κ3) is 3.44. The van der Waals surface area contributed by atoms with Crippen molar-refractivity contribution in [1.82, 2.24) is 9.29 Å².